The number of carbonyl (C=O) groups excluding carboxylic acids is 1. The molecule has 1 fully saturated rings. The summed E-state index contributed by atoms with van der Waals surface area (Å²) < 4.78 is 0. The molecule has 0 spiro atoms. The second-order valence-electron chi connectivity index (χ2n) is 6.83. The number of quaternary nitrogens is 1. The third-order valence-electron chi connectivity index (χ3n) is 5.00. The van der Waals surface area contributed by atoms with E-state index in [1.165, 1.54) is 11.3 Å². The molecule has 132 valence electrons. The fourth-order valence-electron chi connectivity index (χ4n) is 3.49. The summed E-state index contributed by atoms with van der Waals surface area (Å²) >= 11 is 0. The highest BCUT2D eigenvalue weighted by molar-refractivity contribution is 5.80. The lowest BCUT2D eigenvalue weighted by molar-refractivity contribution is -0.710. The molecule has 1 aliphatic rings. The van der Waals surface area contributed by atoms with Crippen LogP contribution in [0.1, 0.15) is 25.5 Å². The van der Waals surface area contributed by atoms with Crippen LogP contribution in [0.15, 0.2) is 60.7 Å². The normalized spacial score (nSPS) is 17.2. The minimum absolute atomic E-state index is 0.0570. The predicted molar refractivity (Wildman–Crippen MR) is 101 cm³/mol. The van der Waals surface area contributed by atoms with Crippen molar-refractivity contribution in [1.29, 1.82) is 0 Å². The summed E-state index contributed by atoms with van der Waals surface area (Å²) in [6, 6.07) is 21.0. The van der Waals surface area contributed by atoms with E-state index in [1.54, 1.807) is 0 Å². The number of amides is 1. The molecule has 0 saturated carbocycles. The van der Waals surface area contributed by atoms with Gasteiger partial charge in [0.05, 0.1) is 0 Å². The lowest BCUT2D eigenvalue weighted by atomic mass is 10.1. The number of carbonyl (C=O) groups is 1. The second kappa shape index (κ2) is 8.17. The maximum atomic E-state index is 12.8. The molecule has 0 unspecified atom stereocenters. The van der Waals surface area contributed by atoms with E-state index in [2.05, 4.69) is 65.7 Å². The first-order chi connectivity index (χ1) is 12.1. The van der Waals surface area contributed by atoms with Gasteiger partial charge in [-0.2, -0.15) is 0 Å². The van der Waals surface area contributed by atoms with Gasteiger partial charge in [0.15, 0.2) is 6.04 Å². The molecule has 4 heteroatoms. The van der Waals surface area contributed by atoms with Crippen LogP contribution in [-0.4, -0.2) is 43.0 Å². The molecule has 2 atom stereocenters. The highest BCUT2D eigenvalue weighted by Gasteiger charge is 2.28. The first kappa shape index (κ1) is 17.5. The molecule has 0 bridgehead atoms. The van der Waals surface area contributed by atoms with Crippen LogP contribution >= 0.6 is 0 Å². The largest absolute Gasteiger partial charge is 0.368 e. The summed E-state index contributed by atoms with van der Waals surface area (Å²) in [5.41, 5.74) is 2.50. The zero-order chi connectivity index (χ0) is 17.6. The lowest BCUT2D eigenvalue weighted by Crippen LogP contribution is -2.92. The van der Waals surface area contributed by atoms with Gasteiger partial charge in [-0.1, -0.05) is 48.5 Å². The molecule has 0 aromatic heterocycles. The third kappa shape index (κ3) is 4.40. The molecule has 1 amide bonds. The number of benzene rings is 2. The Morgan fingerprint density at radius 2 is 1.44 bits per heavy atom. The Morgan fingerprint density at radius 1 is 0.880 bits per heavy atom. The zero-order valence-electron chi connectivity index (χ0n) is 15.1. The second-order valence-corrected chi connectivity index (χ2v) is 6.83. The van der Waals surface area contributed by atoms with E-state index in [1.807, 2.05) is 24.0 Å². The minimum Gasteiger partial charge on any atom is -0.368 e. The van der Waals surface area contributed by atoms with Crippen LogP contribution in [0, 0.1) is 0 Å². The Bertz CT molecular complexity index is 666. The van der Waals surface area contributed by atoms with E-state index in [-0.39, 0.29) is 18.0 Å². The van der Waals surface area contributed by atoms with Gasteiger partial charge in [-0.3, -0.25) is 4.79 Å². The van der Waals surface area contributed by atoms with E-state index in [0.717, 1.165) is 26.2 Å². The quantitative estimate of drug-likeness (QED) is 0.906. The van der Waals surface area contributed by atoms with E-state index in [0.29, 0.717) is 0 Å². The smallest absolute Gasteiger partial charge is 0.280 e. The highest BCUT2D eigenvalue weighted by Crippen LogP contribution is 2.16. The van der Waals surface area contributed by atoms with Crippen LogP contribution in [-0.2, 0) is 4.79 Å². The summed E-state index contributed by atoms with van der Waals surface area (Å²) in [4.78, 5) is 17.1. The van der Waals surface area contributed by atoms with Crippen molar-refractivity contribution in [2.75, 3.05) is 31.1 Å². The summed E-state index contributed by atoms with van der Waals surface area (Å²) in [5, 5.41) is 2.17. The fourth-order valence-corrected chi connectivity index (χ4v) is 3.49. The standard InChI is InChI=1S/C21H27N3O/c1-17(19-9-5-3-6-10-19)22-18(2)21(25)24-15-13-23(14-16-24)20-11-7-4-8-12-20/h3-12,17-18,22H,13-16H2,1-2H3/p+1/t17-,18-/m0/s1. The summed E-state index contributed by atoms with van der Waals surface area (Å²) in [5.74, 6) is 0.246. The van der Waals surface area contributed by atoms with Crippen LogP contribution in [0.25, 0.3) is 0 Å². The molecular formula is C21H28N3O+. The van der Waals surface area contributed by atoms with Gasteiger partial charge in [0, 0.05) is 37.4 Å². The highest BCUT2D eigenvalue weighted by atomic mass is 16.2. The summed E-state index contributed by atoms with van der Waals surface area (Å²) in [6.45, 7) is 7.57. The van der Waals surface area contributed by atoms with E-state index < -0.39 is 0 Å². The topological polar surface area (TPSA) is 40.2 Å². The average molecular weight is 338 g/mol. The molecule has 25 heavy (non-hydrogen) atoms. The fraction of sp³-hybridized carbons (Fsp3) is 0.381. The predicted octanol–water partition coefficient (Wildman–Crippen LogP) is 2.05. The van der Waals surface area contributed by atoms with Crippen molar-refractivity contribution in [2.24, 2.45) is 0 Å². The third-order valence-corrected chi connectivity index (χ3v) is 5.00. The Morgan fingerprint density at radius 3 is 2.04 bits per heavy atom. The van der Waals surface area contributed by atoms with Gasteiger partial charge in [-0.25, -0.2) is 0 Å². The number of para-hydroxylation sites is 1. The molecule has 4 nitrogen and oxygen atoms in total. The SMILES string of the molecule is C[C@H]([NH2+][C@@H](C)c1ccccc1)C(=O)N1CCN(c2ccccc2)CC1. The molecular weight excluding hydrogens is 310 g/mol. The summed E-state index contributed by atoms with van der Waals surface area (Å²) in [7, 11) is 0. The number of hydrogen-bond donors (Lipinski definition) is 1. The molecule has 3 rings (SSSR count). The summed E-state index contributed by atoms with van der Waals surface area (Å²) in [6.07, 6.45) is 0. The molecule has 0 radical (unpaired) electrons. The Labute approximate surface area is 150 Å². The Kier molecular flexibility index (Phi) is 5.71. The van der Waals surface area contributed by atoms with Gasteiger partial charge >= 0.3 is 0 Å². The molecule has 2 aromatic rings. The lowest BCUT2D eigenvalue weighted by Gasteiger charge is -2.36. The zero-order valence-corrected chi connectivity index (χ0v) is 15.1. The van der Waals surface area contributed by atoms with Crippen LogP contribution in [0.3, 0.4) is 0 Å². The molecule has 2 aromatic carbocycles. The average Bonchev–Trinajstić information content (AvgIpc) is 2.69. The van der Waals surface area contributed by atoms with Gasteiger partial charge in [0.1, 0.15) is 6.04 Å². The van der Waals surface area contributed by atoms with Crippen LogP contribution < -0.4 is 10.2 Å². The number of rotatable bonds is 5. The van der Waals surface area contributed by atoms with Crippen LogP contribution in [0.4, 0.5) is 5.69 Å². The number of anilines is 1. The van der Waals surface area contributed by atoms with Crippen LogP contribution in [0.5, 0.6) is 0 Å². The molecule has 1 heterocycles. The number of piperazine rings is 1. The van der Waals surface area contributed by atoms with Crippen LogP contribution in [0.2, 0.25) is 0 Å². The molecule has 1 aliphatic heterocycles. The minimum atomic E-state index is -0.0570. The van der Waals surface area contributed by atoms with Crippen molar-refractivity contribution in [3.8, 4) is 0 Å². The first-order valence-electron chi connectivity index (χ1n) is 9.14. The molecule has 1 saturated heterocycles. The van der Waals surface area contributed by atoms with Crippen molar-refractivity contribution in [3.63, 3.8) is 0 Å². The maximum Gasteiger partial charge on any atom is 0.280 e. The monoisotopic (exact) mass is 338 g/mol. The van der Waals surface area contributed by atoms with E-state index in [9.17, 15) is 4.79 Å². The van der Waals surface area contributed by atoms with Gasteiger partial charge in [0.25, 0.3) is 5.91 Å². The van der Waals surface area contributed by atoms with Gasteiger partial charge < -0.3 is 15.1 Å². The van der Waals surface area contributed by atoms with Crippen molar-refractivity contribution in [2.45, 2.75) is 25.9 Å². The van der Waals surface area contributed by atoms with Gasteiger partial charge in [-0.05, 0) is 26.0 Å². The van der Waals surface area contributed by atoms with E-state index >= 15 is 0 Å². The molecule has 2 N–H and O–H groups in total. The number of nitrogens with two attached hydrogens (primary N) is 1. The molecule has 0 aliphatic carbocycles. The van der Waals surface area contributed by atoms with Crippen molar-refractivity contribution >= 4 is 11.6 Å². The van der Waals surface area contributed by atoms with Crippen molar-refractivity contribution in [1.82, 2.24) is 4.90 Å². The Balaban J connectivity index is 1.52. The first-order valence-corrected chi connectivity index (χ1v) is 9.14. The van der Waals surface area contributed by atoms with E-state index in [4.69, 9.17) is 0 Å². The van der Waals surface area contributed by atoms with Gasteiger partial charge in [0.2, 0.25) is 0 Å². The number of nitrogens with zero attached hydrogens (tertiary/aromatic N) is 2. The Hall–Kier alpha value is -2.33. The van der Waals surface area contributed by atoms with Gasteiger partial charge in [-0.15, -0.1) is 0 Å². The van der Waals surface area contributed by atoms with Crippen molar-refractivity contribution in [3.05, 3.63) is 66.2 Å². The maximum absolute atomic E-state index is 12.8. The number of hydrogen-bond acceptors (Lipinski definition) is 2. The van der Waals surface area contributed by atoms with Crippen molar-refractivity contribution < 1.29 is 10.1 Å².